The van der Waals surface area contributed by atoms with Gasteiger partial charge in [-0.2, -0.15) is 0 Å². The van der Waals surface area contributed by atoms with Crippen molar-refractivity contribution in [2.45, 2.75) is 12.5 Å². The van der Waals surface area contributed by atoms with Crippen LogP contribution in [0.1, 0.15) is 17.2 Å². The Morgan fingerprint density at radius 2 is 1.73 bits per heavy atom. The van der Waals surface area contributed by atoms with Gasteiger partial charge in [-0.3, -0.25) is 4.79 Å². The second-order valence-electron chi connectivity index (χ2n) is 4.82. The Hall–Kier alpha value is -1.55. The van der Waals surface area contributed by atoms with Crippen molar-refractivity contribution in [3.63, 3.8) is 0 Å². The first-order valence-electron chi connectivity index (χ1n) is 6.89. The minimum absolute atomic E-state index is 0.143. The smallest absolute Gasteiger partial charge is 0.224 e. The lowest BCUT2D eigenvalue weighted by Gasteiger charge is -2.16. The van der Waals surface area contributed by atoms with E-state index >= 15 is 0 Å². The molecule has 2 aromatic rings. The molecule has 0 fully saturated rings. The van der Waals surface area contributed by atoms with Crippen LogP contribution in [-0.2, 0) is 16.0 Å². The van der Waals surface area contributed by atoms with Gasteiger partial charge in [0.25, 0.3) is 0 Å². The molecule has 1 atom stereocenters. The number of benzene rings is 2. The van der Waals surface area contributed by atoms with Gasteiger partial charge in [-0.25, -0.2) is 0 Å². The summed E-state index contributed by atoms with van der Waals surface area (Å²) in [7, 11) is 1.62. The van der Waals surface area contributed by atoms with Crippen LogP contribution in [-0.4, -0.2) is 19.6 Å². The first-order chi connectivity index (χ1) is 10.6. The Morgan fingerprint density at radius 3 is 2.32 bits per heavy atom. The summed E-state index contributed by atoms with van der Waals surface area (Å²) in [6.07, 6.45) is -0.0455. The molecule has 3 nitrogen and oxygen atoms in total. The van der Waals surface area contributed by atoms with E-state index < -0.39 is 0 Å². The van der Waals surface area contributed by atoms with E-state index in [1.165, 1.54) is 0 Å². The number of rotatable bonds is 6. The molecule has 0 aliphatic rings. The topological polar surface area (TPSA) is 38.3 Å². The van der Waals surface area contributed by atoms with Crippen LogP contribution in [0.15, 0.2) is 48.5 Å². The van der Waals surface area contributed by atoms with Gasteiger partial charge in [-0.05, 0) is 23.3 Å². The SMILES string of the molecule is COC(CNC(=O)Cc1c(Cl)cccc1Cl)c1ccccc1. The summed E-state index contributed by atoms with van der Waals surface area (Å²) in [4.78, 5) is 12.1. The van der Waals surface area contributed by atoms with Crippen molar-refractivity contribution in [3.05, 3.63) is 69.7 Å². The standard InChI is InChI=1S/C17H17Cl2NO2/c1-22-16(12-6-3-2-4-7-12)11-20-17(21)10-13-14(18)8-5-9-15(13)19/h2-9,16H,10-11H2,1H3,(H,20,21). The van der Waals surface area contributed by atoms with Crippen molar-refractivity contribution in [1.82, 2.24) is 5.32 Å². The van der Waals surface area contributed by atoms with Crippen molar-refractivity contribution >= 4 is 29.1 Å². The summed E-state index contributed by atoms with van der Waals surface area (Å²) in [5.74, 6) is -0.145. The van der Waals surface area contributed by atoms with Gasteiger partial charge in [0.2, 0.25) is 5.91 Å². The summed E-state index contributed by atoms with van der Waals surface area (Å²) < 4.78 is 5.42. The van der Waals surface area contributed by atoms with Gasteiger partial charge in [0.15, 0.2) is 0 Å². The van der Waals surface area contributed by atoms with E-state index in [2.05, 4.69) is 5.32 Å². The number of carbonyl (C=O) groups excluding carboxylic acids is 1. The van der Waals surface area contributed by atoms with Crippen molar-refractivity contribution in [1.29, 1.82) is 0 Å². The molecule has 1 unspecified atom stereocenters. The monoisotopic (exact) mass is 337 g/mol. The molecular weight excluding hydrogens is 321 g/mol. The third-order valence-electron chi connectivity index (χ3n) is 3.34. The molecule has 5 heteroatoms. The quantitative estimate of drug-likeness (QED) is 0.863. The van der Waals surface area contributed by atoms with Crippen LogP contribution < -0.4 is 5.32 Å². The molecule has 0 saturated carbocycles. The predicted molar refractivity (Wildman–Crippen MR) is 89.4 cm³/mol. The summed E-state index contributed by atoms with van der Waals surface area (Å²) in [5.41, 5.74) is 1.65. The molecule has 1 N–H and O–H groups in total. The molecule has 0 spiro atoms. The van der Waals surface area contributed by atoms with E-state index in [9.17, 15) is 4.79 Å². The Morgan fingerprint density at radius 1 is 1.09 bits per heavy atom. The first kappa shape index (κ1) is 16.8. The molecule has 0 radical (unpaired) electrons. The van der Waals surface area contributed by atoms with Crippen LogP contribution in [0.4, 0.5) is 0 Å². The van der Waals surface area contributed by atoms with Gasteiger partial charge in [0, 0.05) is 23.7 Å². The van der Waals surface area contributed by atoms with Gasteiger partial charge >= 0.3 is 0 Å². The van der Waals surface area contributed by atoms with Gasteiger partial charge in [0.05, 0.1) is 12.5 Å². The maximum absolute atomic E-state index is 12.1. The van der Waals surface area contributed by atoms with Crippen molar-refractivity contribution in [3.8, 4) is 0 Å². The maximum atomic E-state index is 12.1. The zero-order valence-corrected chi connectivity index (χ0v) is 13.7. The van der Waals surface area contributed by atoms with E-state index in [0.29, 0.717) is 22.2 Å². The fourth-order valence-corrected chi connectivity index (χ4v) is 2.67. The number of nitrogens with one attached hydrogen (secondary N) is 1. The molecule has 0 aliphatic carbocycles. The lowest BCUT2D eigenvalue weighted by molar-refractivity contribution is -0.121. The van der Waals surface area contributed by atoms with E-state index in [4.69, 9.17) is 27.9 Å². The zero-order valence-electron chi connectivity index (χ0n) is 12.2. The summed E-state index contributed by atoms with van der Waals surface area (Å²) in [6.45, 7) is 0.390. The highest BCUT2D eigenvalue weighted by molar-refractivity contribution is 6.36. The number of amides is 1. The largest absolute Gasteiger partial charge is 0.375 e. The molecule has 2 aromatic carbocycles. The first-order valence-corrected chi connectivity index (χ1v) is 7.64. The average molecular weight is 338 g/mol. The number of ether oxygens (including phenoxy) is 1. The summed E-state index contributed by atoms with van der Waals surface area (Å²) in [5, 5.41) is 3.84. The minimum Gasteiger partial charge on any atom is -0.375 e. The highest BCUT2D eigenvalue weighted by Gasteiger charge is 2.14. The van der Waals surface area contributed by atoms with Crippen molar-refractivity contribution < 1.29 is 9.53 Å². The Bertz CT molecular complexity index is 612. The van der Waals surface area contributed by atoms with E-state index in [1.807, 2.05) is 30.3 Å². The van der Waals surface area contributed by atoms with E-state index in [0.717, 1.165) is 5.56 Å². The molecule has 0 aliphatic heterocycles. The van der Waals surface area contributed by atoms with Crippen LogP contribution in [0, 0.1) is 0 Å². The van der Waals surface area contributed by atoms with Crippen LogP contribution in [0.3, 0.4) is 0 Å². The number of halogens is 2. The maximum Gasteiger partial charge on any atom is 0.224 e. The molecule has 2 rings (SSSR count). The summed E-state index contributed by atoms with van der Waals surface area (Å²) in [6, 6.07) is 14.9. The third kappa shape index (κ3) is 4.47. The van der Waals surface area contributed by atoms with Crippen molar-refractivity contribution in [2.75, 3.05) is 13.7 Å². The van der Waals surface area contributed by atoms with E-state index in [-0.39, 0.29) is 18.4 Å². The Labute approximate surface area is 140 Å². The van der Waals surface area contributed by atoms with Crippen LogP contribution in [0.2, 0.25) is 10.0 Å². The van der Waals surface area contributed by atoms with Crippen LogP contribution >= 0.6 is 23.2 Å². The van der Waals surface area contributed by atoms with Gasteiger partial charge < -0.3 is 10.1 Å². The Balaban J connectivity index is 1.95. The second kappa shape index (κ2) is 8.18. The second-order valence-corrected chi connectivity index (χ2v) is 5.63. The third-order valence-corrected chi connectivity index (χ3v) is 4.05. The molecule has 0 heterocycles. The molecule has 0 bridgehead atoms. The molecule has 116 valence electrons. The molecule has 1 amide bonds. The number of hydrogen-bond donors (Lipinski definition) is 1. The number of methoxy groups -OCH3 is 1. The highest BCUT2D eigenvalue weighted by atomic mass is 35.5. The highest BCUT2D eigenvalue weighted by Crippen LogP contribution is 2.24. The van der Waals surface area contributed by atoms with Crippen molar-refractivity contribution in [2.24, 2.45) is 0 Å². The molecule has 22 heavy (non-hydrogen) atoms. The van der Waals surface area contributed by atoms with Gasteiger partial charge in [-0.1, -0.05) is 59.6 Å². The number of carbonyl (C=O) groups is 1. The van der Waals surface area contributed by atoms with Crippen LogP contribution in [0.25, 0.3) is 0 Å². The van der Waals surface area contributed by atoms with Crippen LogP contribution in [0.5, 0.6) is 0 Å². The van der Waals surface area contributed by atoms with Gasteiger partial charge in [0.1, 0.15) is 0 Å². The fourth-order valence-electron chi connectivity index (χ4n) is 2.14. The number of hydrogen-bond acceptors (Lipinski definition) is 2. The average Bonchev–Trinajstić information content (AvgIpc) is 2.53. The fraction of sp³-hybridized carbons (Fsp3) is 0.235. The minimum atomic E-state index is -0.188. The normalized spacial score (nSPS) is 12.0. The lowest BCUT2D eigenvalue weighted by Crippen LogP contribution is -2.30. The molecule has 0 saturated heterocycles. The molecule has 0 aromatic heterocycles. The lowest BCUT2D eigenvalue weighted by atomic mass is 10.1. The zero-order chi connectivity index (χ0) is 15.9. The van der Waals surface area contributed by atoms with E-state index in [1.54, 1.807) is 25.3 Å². The predicted octanol–water partition coefficient (Wildman–Crippen LogP) is 4.04. The van der Waals surface area contributed by atoms with Gasteiger partial charge in [-0.15, -0.1) is 0 Å². The molecular formula is C17H17Cl2NO2. The summed E-state index contributed by atoms with van der Waals surface area (Å²) >= 11 is 12.1. The Kier molecular flexibility index (Phi) is 6.25.